The van der Waals surface area contributed by atoms with E-state index in [9.17, 15) is 44.3 Å². The number of benzene rings is 1. The molecule has 0 unspecified atom stereocenters. The van der Waals surface area contributed by atoms with Crippen LogP contribution in [0.2, 0.25) is 10.2 Å². The average molecular weight is 646 g/mol. The first kappa shape index (κ1) is 31.2. The molecule has 1 aromatic carbocycles. The fraction of sp³-hybridized carbons (Fsp3) is 0.333. The molecule has 1 amide bonds. The second kappa shape index (κ2) is 11.2. The van der Waals surface area contributed by atoms with Gasteiger partial charge in [0.1, 0.15) is 17.4 Å². The smallest absolute Gasteiger partial charge is 0.432 e. The van der Waals surface area contributed by atoms with Gasteiger partial charge in [-0.2, -0.15) is 45.5 Å². The molecule has 18 heteroatoms. The van der Waals surface area contributed by atoms with E-state index in [1.54, 1.807) is 0 Å². The molecule has 0 radical (unpaired) electrons. The first-order chi connectivity index (χ1) is 19.5. The number of aromatic nitrogens is 3. The summed E-state index contributed by atoms with van der Waals surface area (Å²) in [5.41, 5.74) is -8.68. The van der Waals surface area contributed by atoms with E-state index >= 15 is 0 Å². The molecule has 0 N–H and O–H groups in total. The van der Waals surface area contributed by atoms with Gasteiger partial charge in [-0.1, -0.05) is 23.2 Å². The van der Waals surface area contributed by atoms with E-state index in [0.29, 0.717) is 17.5 Å². The fourth-order valence-corrected chi connectivity index (χ4v) is 4.48. The third kappa shape index (κ3) is 5.80. The number of halogens is 11. The van der Waals surface area contributed by atoms with Gasteiger partial charge in [0.25, 0.3) is 5.91 Å². The fourth-order valence-electron chi connectivity index (χ4n) is 4.00. The third-order valence-corrected chi connectivity index (χ3v) is 6.72. The van der Waals surface area contributed by atoms with Crippen LogP contribution in [-0.2, 0) is 5.67 Å². The summed E-state index contributed by atoms with van der Waals surface area (Å²) in [6.07, 6.45) is -8.40. The highest BCUT2D eigenvalue weighted by molar-refractivity contribution is 6.33. The largest absolute Gasteiger partial charge is 0.435 e. The number of carbonyl (C=O) groups is 1. The summed E-state index contributed by atoms with van der Waals surface area (Å²) in [6, 6.07) is 2.79. The Labute approximate surface area is 240 Å². The Balaban J connectivity index is 1.79. The molecule has 2 aromatic heterocycles. The van der Waals surface area contributed by atoms with Crippen molar-refractivity contribution in [3.05, 3.63) is 58.1 Å². The van der Waals surface area contributed by atoms with Crippen LogP contribution in [-0.4, -0.2) is 57.1 Å². The standard InChI is InChI=1S/C24H14Cl2F9N5O2/c25-16-6-13(22(29,23(30,31)32)24(33,34)35)7-17(42-21(27)28)18(16)40-10-12(9-38-40)11-5-15(19(26)37-8-11)20(41)39(4-3-36)14-1-2-14/h5-10,14,21H,1-2,4H2. The van der Waals surface area contributed by atoms with Gasteiger partial charge >= 0.3 is 24.6 Å². The van der Waals surface area contributed by atoms with E-state index in [4.69, 9.17) is 28.5 Å². The molecule has 3 aromatic rings. The molecule has 0 spiro atoms. The van der Waals surface area contributed by atoms with Crippen molar-refractivity contribution in [1.29, 1.82) is 5.26 Å². The van der Waals surface area contributed by atoms with Gasteiger partial charge in [0, 0.05) is 35.1 Å². The number of pyridine rings is 1. The van der Waals surface area contributed by atoms with Crippen molar-refractivity contribution < 1.29 is 49.0 Å². The highest BCUT2D eigenvalue weighted by Crippen LogP contribution is 2.54. The minimum Gasteiger partial charge on any atom is -0.432 e. The summed E-state index contributed by atoms with van der Waals surface area (Å²) in [6.45, 7) is -3.99. The molecule has 42 heavy (non-hydrogen) atoms. The van der Waals surface area contributed by atoms with Gasteiger partial charge in [0.2, 0.25) is 0 Å². The van der Waals surface area contributed by atoms with Crippen LogP contribution in [0.5, 0.6) is 5.75 Å². The predicted octanol–water partition coefficient (Wildman–Crippen LogP) is 7.26. The van der Waals surface area contributed by atoms with Crippen LogP contribution in [0.15, 0.2) is 36.8 Å². The topological polar surface area (TPSA) is 84.0 Å². The van der Waals surface area contributed by atoms with Crippen LogP contribution in [0.25, 0.3) is 16.8 Å². The maximum absolute atomic E-state index is 14.6. The molecule has 0 atom stereocenters. The minimum atomic E-state index is -6.55. The first-order valence-corrected chi connectivity index (χ1v) is 12.2. The number of rotatable bonds is 8. The molecule has 7 nitrogen and oxygen atoms in total. The number of nitriles is 1. The number of ether oxygens (including phenoxy) is 1. The highest BCUT2D eigenvalue weighted by Gasteiger charge is 2.73. The zero-order valence-electron chi connectivity index (χ0n) is 20.5. The van der Waals surface area contributed by atoms with Gasteiger partial charge in [0.05, 0.1) is 22.9 Å². The van der Waals surface area contributed by atoms with Crippen molar-refractivity contribution in [3.63, 3.8) is 0 Å². The lowest BCUT2D eigenvalue weighted by Crippen LogP contribution is -2.50. The van der Waals surface area contributed by atoms with Gasteiger partial charge in [0.15, 0.2) is 5.75 Å². The number of alkyl halides is 9. The Kier molecular flexibility index (Phi) is 8.31. The molecule has 1 aliphatic rings. The van der Waals surface area contributed by atoms with Crippen molar-refractivity contribution >= 4 is 29.1 Å². The van der Waals surface area contributed by atoms with Crippen LogP contribution in [0, 0.1) is 11.3 Å². The lowest BCUT2D eigenvalue weighted by atomic mass is 9.93. The molecule has 0 saturated heterocycles. The predicted molar refractivity (Wildman–Crippen MR) is 128 cm³/mol. The Hall–Kier alpha value is -3.71. The zero-order chi connectivity index (χ0) is 31.2. The van der Waals surface area contributed by atoms with Gasteiger partial charge in [-0.15, -0.1) is 0 Å². The van der Waals surface area contributed by atoms with Gasteiger partial charge in [-0.25, -0.2) is 14.1 Å². The normalized spacial score (nSPS) is 14.2. The highest BCUT2D eigenvalue weighted by atomic mass is 35.5. The molecule has 1 saturated carbocycles. The lowest BCUT2D eigenvalue weighted by Gasteiger charge is -2.31. The van der Waals surface area contributed by atoms with Crippen LogP contribution >= 0.6 is 23.2 Å². The maximum atomic E-state index is 14.6. The molecule has 1 fully saturated rings. The third-order valence-electron chi connectivity index (χ3n) is 6.13. The number of hydrogen-bond donors (Lipinski definition) is 0. The first-order valence-electron chi connectivity index (χ1n) is 11.5. The second-order valence-corrected chi connectivity index (χ2v) is 9.66. The number of nitrogens with zero attached hydrogens (tertiary/aromatic N) is 5. The van der Waals surface area contributed by atoms with Crippen molar-refractivity contribution in [2.45, 2.75) is 43.5 Å². The Morgan fingerprint density at radius 2 is 1.71 bits per heavy atom. The summed E-state index contributed by atoms with van der Waals surface area (Å²) in [5, 5.41) is 11.7. The number of hydrogen-bond acceptors (Lipinski definition) is 5. The monoisotopic (exact) mass is 645 g/mol. The van der Waals surface area contributed by atoms with Crippen LogP contribution < -0.4 is 4.74 Å². The average Bonchev–Trinajstić information content (AvgIpc) is 3.61. The lowest BCUT2D eigenvalue weighted by molar-refractivity contribution is -0.348. The number of carbonyl (C=O) groups excluding carboxylic acids is 1. The number of amides is 1. The van der Waals surface area contributed by atoms with E-state index < -0.39 is 52.6 Å². The van der Waals surface area contributed by atoms with Crippen molar-refractivity contribution in [2.75, 3.05) is 6.54 Å². The van der Waals surface area contributed by atoms with E-state index in [-0.39, 0.29) is 46.6 Å². The van der Waals surface area contributed by atoms with Gasteiger partial charge in [-0.3, -0.25) is 4.79 Å². The zero-order valence-corrected chi connectivity index (χ0v) is 22.0. The quantitative estimate of drug-likeness (QED) is 0.146. The van der Waals surface area contributed by atoms with Crippen molar-refractivity contribution in [1.82, 2.24) is 19.7 Å². The molecule has 4 rings (SSSR count). The summed E-state index contributed by atoms with van der Waals surface area (Å²) < 4.78 is 125. The molecular formula is C24H14Cl2F9N5O2. The minimum absolute atomic E-state index is 0.0279. The molecular weight excluding hydrogens is 632 g/mol. The van der Waals surface area contributed by atoms with Crippen LogP contribution in [0.4, 0.5) is 39.5 Å². The molecule has 224 valence electrons. The van der Waals surface area contributed by atoms with Gasteiger partial charge < -0.3 is 9.64 Å². The Morgan fingerprint density at radius 1 is 1.07 bits per heavy atom. The van der Waals surface area contributed by atoms with Crippen LogP contribution in [0.3, 0.4) is 0 Å². The summed E-state index contributed by atoms with van der Waals surface area (Å²) in [5.74, 6) is -1.94. The van der Waals surface area contributed by atoms with E-state index in [2.05, 4.69) is 14.8 Å². The van der Waals surface area contributed by atoms with E-state index in [1.165, 1.54) is 17.2 Å². The van der Waals surface area contributed by atoms with E-state index in [0.717, 1.165) is 12.4 Å². The molecule has 0 bridgehead atoms. The molecule has 0 aliphatic heterocycles. The van der Waals surface area contributed by atoms with Crippen LogP contribution in [0.1, 0.15) is 28.8 Å². The van der Waals surface area contributed by atoms with Crippen molar-refractivity contribution in [2.24, 2.45) is 0 Å². The second-order valence-electron chi connectivity index (χ2n) is 8.90. The van der Waals surface area contributed by atoms with Gasteiger partial charge in [-0.05, 0) is 31.0 Å². The Morgan fingerprint density at radius 3 is 2.26 bits per heavy atom. The Bertz CT molecular complexity index is 1530. The molecule has 2 heterocycles. The van der Waals surface area contributed by atoms with E-state index in [1.807, 2.05) is 6.07 Å². The summed E-state index contributed by atoms with van der Waals surface area (Å²) in [4.78, 5) is 18.3. The maximum Gasteiger partial charge on any atom is 0.435 e. The SMILES string of the molecule is N#CCN(C(=O)c1cc(-c2cnn(-c3c(Cl)cc(C(F)(C(F)(F)F)C(F)(F)F)cc3OC(F)F)c2)cnc1Cl)C1CC1. The molecule has 1 aliphatic carbocycles. The summed E-state index contributed by atoms with van der Waals surface area (Å²) in [7, 11) is 0. The van der Waals surface area contributed by atoms with Crippen molar-refractivity contribution in [3.8, 4) is 28.6 Å². The summed E-state index contributed by atoms with van der Waals surface area (Å²) >= 11 is 12.0.